The number of benzene rings is 1. The normalized spacial score (nSPS) is 13.1. The minimum Gasteiger partial charge on any atom is -0.480 e. The van der Waals surface area contributed by atoms with Gasteiger partial charge >= 0.3 is 5.97 Å². The lowest BCUT2D eigenvalue weighted by atomic mass is 10.2. The predicted octanol–water partition coefficient (Wildman–Crippen LogP) is 1.39. The zero-order chi connectivity index (χ0) is 13.9. The van der Waals surface area contributed by atoms with Crippen LogP contribution >= 0.6 is 0 Å². The Morgan fingerprint density at radius 1 is 1.39 bits per heavy atom. The lowest BCUT2D eigenvalue weighted by Gasteiger charge is -2.27. The van der Waals surface area contributed by atoms with E-state index < -0.39 is 21.8 Å². The van der Waals surface area contributed by atoms with Crippen molar-refractivity contribution in [3.63, 3.8) is 0 Å². The highest BCUT2D eigenvalue weighted by Gasteiger charge is 2.24. The molecule has 1 aromatic carbocycles. The van der Waals surface area contributed by atoms with Crippen LogP contribution in [0.3, 0.4) is 0 Å². The summed E-state index contributed by atoms with van der Waals surface area (Å²) in [5, 5.41) is 9.11. The van der Waals surface area contributed by atoms with Gasteiger partial charge in [-0.2, -0.15) is 0 Å². The molecule has 1 rings (SSSR count). The van der Waals surface area contributed by atoms with Gasteiger partial charge in [-0.05, 0) is 18.6 Å². The quantitative estimate of drug-likeness (QED) is 0.876. The van der Waals surface area contributed by atoms with Crippen LogP contribution in [-0.2, 0) is 14.6 Å². The van der Waals surface area contributed by atoms with Gasteiger partial charge in [0.15, 0.2) is 9.84 Å². The van der Waals surface area contributed by atoms with Gasteiger partial charge in [-0.25, -0.2) is 13.2 Å². The highest BCUT2D eigenvalue weighted by Crippen LogP contribution is 2.26. The van der Waals surface area contributed by atoms with Gasteiger partial charge in [-0.15, -0.1) is 0 Å². The fraction of sp³-hybridized carbons (Fsp3) is 0.417. The molecule has 1 aromatic rings. The van der Waals surface area contributed by atoms with Crippen molar-refractivity contribution in [2.75, 3.05) is 18.2 Å². The Labute approximate surface area is 107 Å². The lowest BCUT2D eigenvalue weighted by Crippen LogP contribution is -2.38. The van der Waals surface area contributed by atoms with Gasteiger partial charge in [0.25, 0.3) is 0 Å². The zero-order valence-electron chi connectivity index (χ0n) is 10.6. The Kier molecular flexibility index (Phi) is 4.34. The summed E-state index contributed by atoms with van der Waals surface area (Å²) in [6, 6.07) is 5.66. The summed E-state index contributed by atoms with van der Waals surface area (Å²) in [5.41, 5.74) is 0.411. The SMILES string of the molecule is CCC(C(=O)O)N(C)c1ccccc1S(C)(=O)=O. The van der Waals surface area contributed by atoms with Crippen LogP contribution in [0, 0.1) is 0 Å². The van der Waals surface area contributed by atoms with Crippen LogP contribution in [0.5, 0.6) is 0 Å². The summed E-state index contributed by atoms with van der Waals surface area (Å²) in [7, 11) is -1.79. The maximum Gasteiger partial charge on any atom is 0.326 e. The van der Waals surface area contributed by atoms with Gasteiger partial charge in [-0.3, -0.25) is 0 Å². The fourth-order valence-corrected chi connectivity index (χ4v) is 2.76. The average molecular weight is 271 g/mol. The minimum atomic E-state index is -3.38. The zero-order valence-corrected chi connectivity index (χ0v) is 11.4. The van der Waals surface area contributed by atoms with Crippen LogP contribution in [0.2, 0.25) is 0 Å². The molecule has 0 amide bonds. The van der Waals surface area contributed by atoms with E-state index >= 15 is 0 Å². The molecule has 100 valence electrons. The number of sulfone groups is 1. The summed E-state index contributed by atoms with van der Waals surface area (Å²) in [6.45, 7) is 1.75. The van der Waals surface area contributed by atoms with Crippen LogP contribution in [0.4, 0.5) is 5.69 Å². The number of nitrogens with zero attached hydrogens (tertiary/aromatic N) is 1. The minimum absolute atomic E-state index is 0.146. The van der Waals surface area contributed by atoms with Gasteiger partial charge in [-0.1, -0.05) is 19.1 Å². The summed E-state index contributed by atoms with van der Waals surface area (Å²) in [4.78, 5) is 12.7. The van der Waals surface area contributed by atoms with E-state index in [4.69, 9.17) is 5.11 Å². The third kappa shape index (κ3) is 3.01. The van der Waals surface area contributed by atoms with Crippen LogP contribution in [0.15, 0.2) is 29.2 Å². The number of aliphatic carboxylic acids is 1. The number of hydrogen-bond acceptors (Lipinski definition) is 4. The number of hydrogen-bond donors (Lipinski definition) is 1. The number of rotatable bonds is 5. The largest absolute Gasteiger partial charge is 0.480 e. The van der Waals surface area contributed by atoms with Crippen LogP contribution in [0.25, 0.3) is 0 Å². The van der Waals surface area contributed by atoms with E-state index in [1.807, 2.05) is 0 Å². The molecule has 0 bridgehead atoms. The van der Waals surface area contributed by atoms with Gasteiger partial charge in [0.2, 0.25) is 0 Å². The number of para-hydroxylation sites is 1. The predicted molar refractivity (Wildman–Crippen MR) is 69.7 cm³/mol. The molecule has 0 radical (unpaired) electrons. The topological polar surface area (TPSA) is 74.7 Å². The maximum atomic E-state index is 11.7. The van der Waals surface area contributed by atoms with Crippen molar-refractivity contribution in [2.24, 2.45) is 0 Å². The molecule has 5 nitrogen and oxygen atoms in total. The summed E-state index contributed by atoms with van der Waals surface area (Å²) in [6.07, 6.45) is 1.51. The van der Waals surface area contributed by atoms with Gasteiger partial charge in [0.05, 0.1) is 10.6 Å². The molecular formula is C12H17NO4S. The molecule has 0 aliphatic carbocycles. The third-order valence-corrected chi connectivity index (χ3v) is 3.93. The number of carbonyl (C=O) groups is 1. The summed E-state index contributed by atoms with van der Waals surface area (Å²) in [5.74, 6) is -0.969. The van der Waals surface area contributed by atoms with Crippen LogP contribution < -0.4 is 4.90 Å². The molecular weight excluding hydrogens is 254 g/mol. The van der Waals surface area contributed by atoms with Gasteiger partial charge in [0, 0.05) is 13.3 Å². The Morgan fingerprint density at radius 3 is 2.39 bits per heavy atom. The smallest absolute Gasteiger partial charge is 0.326 e. The molecule has 0 aliphatic heterocycles. The van der Waals surface area contributed by atoms with E-state index in [9.17, 15) is 13.2 Å². The monoisotopic (exact) mass is 271 g/mol. The first kappa shape index (κ1) is 14.5. The third-order valence-electron chi connectivity index (χ3n) is 2.78. The van der Waals surface area contributed by atoms with Crippen molar-refractivity contribution in [3.8, 4) is 0 Å². The van der Waals surface area contributed by atoms with E-state index in [0.717, 1.165) is 6.26 Å². The van der Waals surface area contributed by atoms with Crippen molar-refractivity contribution in [3.05, 3.63) is 24.3 Å². The van der Waals surface area contributed by atoms with Gasteiger partial charge in [0.1, 0.15) is 6.04 Å². The molecule has 0 aromatic heterocycles. The Morgan fingerprint density at radius 2 is 1.94 bits per heavy atom. The number of carboxylic acids is 1. The second kappa shape index (κ2) is 5.39. The second-order valence-electron chi connectivity index (χ2n) is 4.11. The van der Waals surface area contributed by atoms with Crippen molar-refractivity contribution in [2.45, 2.75) is 24.3 Å². The Hall–Kier alpha value is -1.56. The average Bonchev–Trinajstić information content (AvgIpc) is 2.28. The second-order valence-corrected chi connectivity index (χ2v) is 6.10. The van der Waals surface area contributed by atoms with Crippen molar-refractivity contribution < 1.29 is 18.3 Å². The molecule has 0 spiro atoms. The highest BCUT2D eigenvalue weighted by molar-refractivity contribution is 7.90. The van der Waals surface area contributed by atoms with Gasteiger partial charge < -0.3 is 10.0 Å². The van der Waals surface area contributed by atoms with Crippen LogP contribution in [-0.4, -0.2) is 38.8 Å². The molecule has 6 heteroatoms. The van der Waals surface area contributed by atoms with Crippen molar-refractivity contribution >= 4 is 21.5 Å². The summed E-state index contributed by atoms with van der Waals surface area (Å²) < 4.78 is 23.3. The van der Waals surface area contributed by atoms with E-state index in [1.165, 1.54) is 11.0 Å². The molecule has 0 heterocycles. The van der Waals surface area contributed by atoms with Crippen molar-refractivity contribution in [1.29, 1.82) is 0 Å². The molecule has 0 saturated carbocycles. The van der Waals surface area contributed by atoms with Crippen molar-refractivity contribution in [1.82, 2.24) is 0 Å². The number of anilines is 1. The lowest BCUT2D eigenvalue weighted by molar-refractivity contribution is -0.138. The molecule has 1 N–H and O–H groups in total. The molecule has 1 atom stereocenters. The fourth-order valence-electron chi connectivity index (χ4n) is 1.84. The van der Waals surface area contributed by atoms with E-state index in [0.29, 0.717) is 12.1 Å². The molecule has 1 unspecified atom stereocenters. The number of likely N-dealkylation sites (N-methyl/N-ethyl adjacent to an activating group) is 1. The highest BCUT2D eigenvalue weighted by atomic mass is 32.2. The first-order valence-corrected chi connectivity index (χ1v) is 7.43. The first-order valence-electron chi connectivity index (χ1n) is 5.53. The van der Waals surface area contributed by atoms with Crippen LogP contribution in [0.1, 0.15) is 13.3 Å². The molecule has 18 heavy (non-hydrogen) atoms. The molecule has 0 fully saturated rings. The standard InChI is InChI=1S/C12H17NO4S/c1-4-9(12(14)15)13(2)10-7-5-6-8-11(10)18(3,16)17/h5-9H,4H2,1-3H3,(H,14,15). The van der Waals surface area contributed by atoms with E-state index in [2.05, 4.69) is 0 Å². The van der Waals surface area contributed by atoms with E-state index in [1.54, 1.807) is 32.2 Å². The Bertz CT molecular complexity index is 539. The molecule has 0 aliphatic rings. The molecule has 0 saturated heterocycles. The maximum absolute atomic E-state index is 11.7. The first-order chi connectivity index (χ1) is 8.29. The van der Waals surface area contributed by atoms with E-state index in [-0.39, 0.29) is 4.90 Å². The Balaban J connectivity index is 3.29. The summed E-state index contributed by atoms with van der Waals surface area (Å²) >= 11 is 0. The number of carboxylic acid groups (broad SMARTS) is 1.